The normalized spacial score (nSPS) is 17.3. The van der Waals surface area contributed by atoms with Crippen LogP contribution in [0.5, 0.6) is 0 Å². The number of hydrogen-bond acceptors (Lipinski definition) is 3. The number of fused-ring (bicyclic) bond motifs is 1. The Hall–Kier alpha value is -2.14. The van der Waals surface area contributed by atoms with Crippen LogP contribution in [0.1, 0.15) is 36.0 Å². The SMILES string of the molecule is Cc1ccc2cc(CCC(=O)NCC3CCCO3)c(=O)[nH]c2c1C. The number of aryl methyl sites for hydroxylation is 3. The van der Waals surface area contributed by atoms with E-state index in [0.717, 1.165) is 41.5 Å². The number of carbonyl (C=O) groups excluding carboxylic acids is 1. The Morgan fingerprint density at radius 3 is 2.96 bits per heavy atom. The number of hydrogen-bond donors (Lipinski definition) is 2. The zero-order valence-electron chi connectivity index (χ0n) is 14.3. The summed E-state index contributed by atoms with van der Waals surface area (Å²) in [5.41, 5.74) is 3.66. The van der Waals surface area contributed by atoms with Gasteiger partial charge in [0.2, 0.25) is 5.91 Å². The second-order valence-corrected chi connectivity index (χ2v) is 6.53. The number of ether oxygens (including phenoxy) is 1. The van der Waals surface area contributed by atoms with Crippen molar-refractivity contribution in [2.75, 3.05) is 13.2 Å². The molecule has 0 bridgehead atoms. The van der Waals surface area contributed by atoms with Crippen molar-refractivity contribution in [2.45, 2.75) is 45.6 Å². The molecule has 1 aromatic carbocycles. The van der Waals surface area contributed by atoms with Crippen LogP contribution in [-0.4, -0.2) is 30.1 Å². The van der Waals surface area contributed by atoms with Crippen LogP contribution in [0.15, 0.2) is 23.0 Å². The molecule has 1 fully saturated rings. The molecular formula is C19H24N2O3. The van der Waals surface area contributed by atoms with Gasteiger partial charge in [0, 0.05) is 25.1 Å². The minimum absolute atomic E-state index is 0.0370. The van der Waals surface area contributed by atoms with Crippen LogP contribution in [0.25, 0.3) is 10.9 Å². The molecule has 5 heteroatoms. The minimum Gasteiger partial charge on any atom is -0.376 e. The molecule has 1 aromatic heterocycles. The molecule has 0 saturated carbocycles. The monoisotopic (exact) mass is 328 g/mol. The molecular weight excluding hydrogens is 304 g/mol. The van der Waals surface area contributed by atoms with E-state index >= 15 is 0 Å². The number of pyridine rings is 1. The summed E-state index contributed by atoms with van der Waals surface area (Å²) in [7, 11) is 0. The van der Waals surface area contributed by atoms with Gasteiger partial charge in [-0.3, -0.25) is 9.59 Å². The number of rotatable bonds is 5. The minimum atomic E-state index is -0.108. The zero-order chi connectivity index (χ0) is 17.1. The molecule has 0 spiro atoms. The molecule has 1 atom stereocenters. The first-order chi connectivity index (χ1) is 11.5. The number of amides is 1. The summed E-state index contributed by atoms with van der Waals surface area (Å²) in [5.74, 6) is -0.0370. The van der Waals surface area contributed by atoms with Gasteiger partial charge < -0.3 is 15.0 Å². The van der Waals surface area contributed by atoms with Crippen LogP contribution < -0.4 is 10.9 Å². The van der Waals surface area contributed by atoms with Gasteiger partial charge in [0.05, 0.1) is 11.6 Å². The molecule has 1 saturated heterocycles. The number of benzene rings is 1. The molecule has 24 heavy (non-hydrogen) atoms. The Bertz CT molecular complexity index is 804. The summed E-state index contributed by atoms with van der Waals surface area (Å²) < 4.78 is 5.48. The van der Waals surface area contributed by atoms with E-state index in [0.29, 0.717) is 24.9 Å². The first kappa shape index (κ1) is 16.7. The summed E-state index contributed by atoms with van der Waals surface area (Å²) in [4.78, 5) is 27.2. The van der Waals surface area contributed by atoms with Crippen LogP contribution in [-0.2, 0) is 16.0 Å². The van der Waals surface area contributed by atoms with Crippen LogP contribution in [0, 0.1) is 13.8 Å². The third-order valence-corrected chi connectivity index (χ3v) is 4.80. The lowest BCUT2D eigenvalue weighted by Gasteiger charge is -2.11. The zero-order valence-corrected chi connectivity index (χ0v) is 14.3. The van der Waals surface area contributed by atoms with Crippen molar-refractivity contribution in [3.05, 3.63) is 45.2 Å². The summed E-state index contributed by atoms with van der Waals surface area (Å²) >= 11 is 0. The predicted octanol–water partition coefficient (Wildman–Crippen LogP) is 2.37. The maximum atomic E-state index is 12.3. The van der Waals surface area contributed by atoms with Crippen molar-refractivity contribution in [1.29, 1.82) is 0 Å². The van der Waals surface area contributed by atoms with Gasteiger partial charge in [0.25, 0.3) is 5.56 Å². The summed E-state index contributed by atoms with van der Waals surface area (Å²) in [6.45, 7) is 5.38. The van der Waals surface area contributed by atoms with Crippen LogP contribution in [0.3, 0.4) is 0 Å². The standard InChI is InChI=1S/C19H24N2O3/c1-12-5-6-14-10-15(19(23)21-18(14)13(12)2)7-8-17(22)20-11-16-4-3-9-24-16/h5-6,10,16H,3-4,7-9,11H2,1-2H3,(H,20,22)(H,21,23). The first-order valence-corrected chi connectivity index (χ1v) is 8.55. The molecule has 1 unspecified atom stereocenters. The molecule has 0 radical (unpaired) electrons. The van der Waals surface area contributed by atoms with Crippen molar-refractivity contribution < 1.29 is 9.53 Å². The topological polar surface area (TPSA) is 71.2 Å². The van der Waals surface area contributed by atoms with Crippen molar-refractivity contribution in [3.63, 3.8) is 0 Å². The lowest BCUT2D eigenvalue weighted by atomic mass is 10.0. The molecule has 3 rings (SSSR count). The second kappa shape index (κ2) is 7.18. The van der Waals surface area contributed by atoms with Crippen LogP contribution >= 0.6 is 0 Å². The Kier molecular flexibility index (Phi) is 5.00. The van der Waals surface area contributed by atoms with E-state index in [1.54, 1.807) is 0 Å². The summed E-state index contributed by atoms with van der Waals surface area (Å²) in [6, 6.07) is 5.96. The molecule has 2 N–H and O–H groups in total. The van der Waals surface area contributed by atoms with Gasteiger partial charge in [-0.2, -0.15) is 0 Å². The fraction of sp³-hybridized carbons (Fsp3) is 0.474. The van der Waals surface area contributed by atoms with E-state index in [1.165, 1.54) is 0 Å². The van der Waals surface area contributed by atoms with Gasteiger partial charge in [0.15, 0.2) is 0 Å². The fourth-order valence-corrected chi connectivity index (χ4v) is 3.13. The predicted molar refractivity (Wildman–Crippen MR) is 94.3 cm³/mol. The molecule has 1 aliphatic rings. The largest absolute Gasteiger partial charge is 0.376 e. The van der Waals surface area contributed by atoms with Crippen molar-refractivity contribution in [3.8, 4) is 0 Å². The lowest BCUT2D eigenvalue weighted by Crippen LogP contribution is -2.32. The van der Waals surface area contributed by atoms with E-state index in [4.69, 9.17) is 4.74 Å². The number of carbonyl (C=O) groups is 1. The molecule has 0 aliphatic carbocycles. The highest BCUT2D eigenvalue weighted by molar-refractivity contribution is 5.83. The molecule has 2 aromatic rings. The van der Waals surface area contributed by atoms with E-state index in [-0.39, 0.29) is 17.6 Å². The molecule has 1 aliphatic heterocycles. The first-order valence-electron chi connectivity index (χ1n) is 8.55. The van der Waals surface area contributed by atoms with E-state index in [2.05, 4.69) is 10.3 Å². The highest BCUT2D eigenvalue weighted by Gasteiger charge is 2.16. The third kappa shape index (κ3) is 3.67. The third-order valence-electron chi connectivity index (χ3n) is 4.80. The molecule has 1 amide bonds. The Morgan fingerprint density at radius 2 is 2.21 bits per heavy atom. The fourth-order valence-electron chi connectivity index (χ4n) is 3.13. The quantitative estimate of drug-likeness (QED) is 0.885. The second-order valence-electron chi connectivity index (χ2n) is 6.53. The van der Waals surface area contributed by atoms with Gasteiger partial charge >= 0.3 is 0 Å². The summed E-state index contributed by atoms with van der Waals surface area (Å²) in [6.07, 6.45) is 2.96. The lowest BCUT2D eigenvalue weighted by molar-refractivity contribution is -0.121. The van der Waals surface area contributed by atoms with Gasteiger partial charge in [-0.15, -0.1) is 0 Å². The molecule has 5 nitrogen and oxygen atoms in total. The van der Waals surface area contributed by atoms with Crippen molar-refractivity contribution >= 4 is 16.8 Å². The van der Waals surface area contributed by atoms with Crippen molar-refractivity contribution in [2.24, 2.45) is 0 Å². The average Bonchev–Trinajstić information content (AvgIpc) is 3.09. The average molecular weight is 328 g/mol. The Labute approximate surface area is 141 Å². The van der Waals surface area contributed by atoms with Gasteiger partial charge in [0.1, 0.15) is 0 Å². The number of aromatic nitrogens is 1. The maximum absolute atomic E-state index is 12.3. The van der Waals surface area contributed by atoms with E-state index in [1.807, 2.05) is 32.0 Å². The van der Waals surface area contributed by atoms with Crippen LogP contribution in [0.2, 0.25) is 0 Å². The number of aromatic amines is 1. The van der Waals surface area contributed by atoms with E-state index in [9.17, 15) is 9.59 Å². The molecule has 2 heterocycles. The van der Waals surface area contributed by atoms with E-state index < -0.39 is 0 Å². The summed E-state index contributed by atoms with van der Waals surface area (Å²) in [5, 5.41) is 3.90. The highest BCUT2D eigenvalue weighted by atomic mass is 16.5. The molecule has 128 valence electrons. The van der Waals surface area contributed by atoms with Gasteiger partial charge in [-0.1, -0.05) is 12.1 Å². The van der Waals surface area contributed by atoms with Crippen molar-refractivity contribution in [1.82, 2.24) is 10.3 Å². The van der Waals surface area contributed by atoms with Gasteiger partial charge in [-0.05, 0) is 55.7 Å². The number of nitrogens with one attached hydrogen (secondary N) is 2. The Morgan fingerprint density at radius 1 is 1.38 bits per heavy atom. The highest BCUT2D eigenvalue weighted by Crippen LogP contribution is 2.19. The smallest absolute Gasteiger partial charge is 0.251 e. The van der Waals surface area contributed by atoms with Gasteiger partial charge in [-0.25, -0.2) is 0 Å². The Balaban J connectivity index is 1.64. The number of H-pyrrole nitrogens is 1. The van der Waals surface area contributed by atoms with Crippen LogP contribution in [0.4, 0.5) is 0 Å². The maximum Gasteiger partial charge on any atom is 0.251 e.